The minimum atomic E-state index is -1.03. The van der Waals surface area contributed by atoms with Crippen LogP contribution < -0.4 is 16.4 Å². The summed E-state index contributed by atoms with van der Waals surface area (Å²) in [5.74, 6) is 0. The second-order valence-corrected chi connectivity index (χ2v) is 3.11. The zero-order valence-corrected chi connectivity index (χ0v) is 8.11. The molecular formula is C9H13N3O2. The molecule has 5 nitrogen and oxygen atoms in total. The van der Waals surface area contributed by atoms with Gasteiger partial charge < -0.3 is 16.6 Å². The first kappa shape index (κ1) is 10.2. The third-order valence-corrected chi connectivity index (χ3v) is 2.05. The van der Waals surface area contributed by atoms with Crippen molar-refractivity contribution in [3.05, 3.63) is 17.7 Å². The quantitative estimate of drug-likeness (QED) is 0.588. The van der Waals surface area contributed by atoms with Crippen LogP contribution in [0.5, 0.6) is 0 Å². The predicted molar refractivity (Wildman–Crippen MR) is 56.4 cm³/mol. The minimum Gasteiger partial charge on any atom is -0.465 e. The Hall–Kier alpha value is -1.91. The number of hydrogen-bond donors (Lipinski definition) is 3. The van der Waals surface area contributed by atoms with Crippen molar-refractivity contribution < 1.29 is 9.90 Å². The fourth-order valence-electron chi connectivity index (χ4n) is 1.20. The molecule has 0 aromatic heterocycles. The summed E-state index contributed by atoms with van der Waals surface area (Å²) in [6.07, 6.45) is -1.03. The zero-order valence-electron chi connectivity index (χ0n) is 8.11. The molecule has 0 bridgehead atoms. The van der Waals surface area contributed by atoms with Gasteiger partial charge >= 0.3 is 6.09 Å². The van der Waals surface area contributed by atoms with Crippen molar-refractivity contribution in [1.82, 2.24) is 0 Å². The normalized spacial score (nSPS) is 9.86. The Kier molecular flexibility index (Phi) is 2.51. The lowest BCUT2D eigenvalue weighted by Gasteiger charge is -2.17. The van der Waals surface area contributed by atoms with Gasteiger partial charge in [0.05, 0.1) is 17.1 Å². The van der Waals surface area contributed by atoms with Crippen LogP contribution >= 0.6 is 0 Å². The van der Waals surface area contributed by atoms with E-state index in [9.17, 15) is 4.79 Å². The highest BCUT2D eigenvalue weighted by atomic mass is 16.4. The number of hydrogen-bond acceptors (Lipinski definition) is 3. The van der Waals surface area contributed by atoms with Crippen molar-refractivity contribution in [2.45, 2.75) is 6.92 Å². The van der Waals surface area contributed by atoms with Crippen LogP contribution in [0.15, 0.2) is 12.1 Å². The monoisotopic (exact) mass is 195 g/mol. The first-order chi connectivity index (χ1) is 6.43. The summed E-state index contributed by atoms with van der Waals surface area (Å²) in [5.41, 5.74) is 13.3. The average Bonchev–Trinajstić information content (AvgIpc) is 2.10. The topological polar surface area (TPSA) is 92.6 Å². The Morgan fingerprint density at radius 1 is 1.36 bits per heavy atom. The number of rotatable bonds is 1. The van der Waals surface area contributed by atoms with Crippen LogP contribution in [-0.2, 0) is 0 Å². The van der Waals surface area contributed by atoms with Gasteiger partial charge in [0.25, 0.3) is 0 Å². The van der Waals surface area contributed by atoms with Gasteiger partial charge in [-0.15, -0.1) is 0 Å². The fraction of sp³-hybridized carbons (Fsp3) is 0.222. The van der Waals surface area contributed by atoms with E-state index >= 15 is 0 Å². The Balaban J connectivity index is 3.22. The van der Waals surface area contributed by atoms with Crippen LogP contribution in [0.1, 0.15) is 5.56 Å². The fourth-order valence-corrected chi connectivity index (χ4v) is 1.20. The highest BCUT2D eigenvalue weighted by Gasteiger charge is 2.12. The molecule has 0 spiro atoms. The highest BCUT2D eigenvalue weighted by molar-refractivity contribution is 5.88. The van der Waals surface area contributed by atoms with Crippen molar-refractivity contribution in [3.8, 4) is 0 Å². The Morgan fingerprint density at radius 2 is 1.86 bits per heavy atom. The molecule has 0 aliphatic carbocycles. The number of nitrogens with two attached hydrogens (primary N) is 2. The summed E-state index contributed by atoms with van der Waals surface area (Å²) >= 11 is 0. The summed E-state index contributed by atoms with van der Waals surface area (Å²) in [4.78, 5) is 11.8. The average molecular weight is 195 g/mol. The van der Waals surface area contributed by atoms with Gasteiger partial charge in [0.15, 0.2) is 0 Å². The van der Waals surface area contributed by atoms with E-state index in [1.807, 2.05) is 0 Å². The number of aryl methyl sites for hydroxylation is 1. The minimum absolute atomic E-state index is 0.388. The van der Waals surface area contributed by atoms with E-state index in [2.05, 4.69) is 0 Å². The van der Waals surface area contributed by atoms with Crippen LogP contribution in [0.3, 0.4) is 0 Å². The van der Waals surface area contributed by atoms with Gasteiger partial charge in [-0.3, -0.25) is 4.90 Å². The lowest BCUT2D eigenvalue weighted by molar-refractivity contribution is 0.203. The highest BCUT2D eigenvalue weighted by Crippen LogP contribution is 2.26. The lowest BCUT2D eigenvalue weighted by Crippen LogP contribution is -2.24. The van der Waals surface area contributed by atoms with Crippen LogP contribution in [0.4, 0.5) is 21.9 Å². The molecule has 0 saturated heterocycles. The smallest absolute Gasteiger partial charge is 0.411 e. The van der Waals surface area contributed by atoms with Gasteiger partial charge in [0, 0.05) is 7.05 Å². The van der Waals surface area contributed by atoms with Gasteiger partial charge in [-0.05, 0) is 24.6 Å². The molecule has 0 atom stereocenters. The standard InChI is InChI=1S/C9H13N3O2/c1-5-3-6(10)7(11)4-8(5)12(2)9(13)14/h3-4H,10-11H2,1-2H3,(H,13,14). The molecule has 0 aliphatic heterocycles. The number of anilines is 3. The molecule has 1 aromatic rings. The molecule has 0 aliphatic rings. The molecule has 0 heterocycles. The van der Waals surface area contributed by atoms with Gasteiger partial charge in [-0.25, -0.2) is 4.79 Å². The largest absolute Gasteiger partial charge is 0.465 e. The Labute approximate surface area is 81.9 Å². The van der Waals surface area contributed by atoms with E-state index < -0.39 is 6.09 Å². The summed E-state index contributed by atoms with van der Waals surface area (Å²) in [6, 6.07) is 3.21. The molecule has 5 N–H and O–H groups in total. The summed E-state index contributed by atoms with van der Waals surface area (Å²) in [6.45, 7) is 1.78. The maximum atomic E-state index is 10.7. The molecule has 5 heteroatoms. The molecule has 0 saturated carbocycles. The first-order valence-corrected chi connectivity index (χ1v) is 4.05. The molecule has 76 valence electrons. The van der Waals surface area contributed by atoms with Crippen molar-refractivity contribution in [1.29, 1.82) is 0 Å². The molecular weight excluding hydrogens is 182 g/mol. The zero-order chi connectivity index (χ0) is 10.9. The summed E-state index contributed by atoms with van der Waals surface area (Å²) < 4.78 is 0. The number of carboxylic acid groups (broad SMARTS) is 1. The molecule has 0 radical (unpaired) electrons. The summed E-state index contributed by atoms with van der Waals surface area (Å²) in [5, 5.41) is 8.77. The lowest BCUT2D eigenvalue weighted by atomic mass is 10.1. The van der Waals surface area contributed by atoms with Crippen LogP contribution in [0.25, 0.3) is 0 Å². The SMILES string of the molecule is Cc1cc(N)c(N)cc1N(C)C(=O)O. The third-order valence-electron chi connectivity index (χ3n) is 2.05. The van der Waals surface area contributed by atoms with E-state index in [1.54, 1.807) is 19.1 Å². The number of nitrogen functional groups attached to an aromatic ring is 2. The van der Waals surface area contributed by atoms with Gasteiger partial charge in [-0.1, -0.05) is 0 Å². The van der Waals surface area contributed by atoms with Crippen LogP contribution in [0.2, 0.25) is 0 Å². The first-order valence-electron chi connectivity index (χ1n) is 4.05. The van der Waals surface area contributed by atoms with E-state index in [0.29, 0.717) is 17.1 Å². The molecule has 0 fully saturated rings. The van der Waals surface area contributed by atoms with Crippen molar-refractivity contribution >= 4 is 23.2 Å². The molecule has 1 rings (SSSR count). The Morgan fingerprint density at radius 3 is 2.36 bits per heavy atom. The number of amides is 1. The third kappa shape index (κ3) is 1.71. The Bertz CT molecular complexity index is 377. The molecule has 0 unspecified atom stereocenters. The van der Waals surface area contributed by atoms with Gasteiger partial charge in [0.2, 0.25) is 0 Å². The number of nitrogens with zero attached hydrogens (tertiary/aromatic N) is 1. The predicted octanol–water partition coefficient (Wildman–Crippen LogP) is 1.27. The van der Waals surface area contributed by atoms with Crippen molar-refractivity contribution in [2.75, 3.05) is 23.4 Å². The maximum Gasteiger partial charge on any atom is 0.411 e. The summed E-state index contributed by atoms with van der Waals surface area (Å²) in [7, 11) is 1.46. The van der Waals surface area contributed by atoms with E-state index in [0.717, 1.165) is 10.5 Å². The van der Waals surface area contributed by atoms with E-state index in [-0.39, 0.29) is 0 Å². The molecule has 1 aromatic carbocycles. The van der Waals surface area contributed by atoms with Gasteiger partial charge in [0.1, 0.15) is 0 Å². The second kappa shape index (κ2) is 3.45. The van der Waals surface area contributed by atoms with Crippen molar-refractivity contribution in [3.63, 3.8) is 0 Å². The number of benzene rings is 1. The molecule has 1 amide bonds. The van der Waals surface area contributed by atoms with Crippen molar-refractivity contribution in [2.24, 2.45) is 0 Å². The van der Waals surface area contributed by atoms with E-state index in [4.69, 9.17) is 16.6 Å². The van der Waals surface area contributed by atoms with Crippen LogP contribution in [0, 0.1) is 6.92 Å². The van der Waals surface area contributed by atoms with Gasteiger partial charge in [-0.2, -0.15) is 0 Å². The van der Waals surface area contributed by atoms with E-state index in [1.165, 1.54) is 7.05 Å². The molecule has 14 heavy (non-hydrogen) atoms. The maximum absolute atomic E-state index is 10.7. The number of carbonyl (C=O) groups is 1. The second-order valence-electron chi connectivity index (χ2n) is 3.11. The van der Waals surface area contributed by atoms with Crippen LogP contribution in [-0.4, -0.2) is 18.2 Å².